The number of ether oxygens (including phenoxy) is 1. The average Bonchev–Trinajstić information content (AvgIpc) is 2.71. The van der Waals surface area contributed by atoms with Crippen molar-refractivity contribution in [1.82, 2.24) is 0 Å². The quantitative estimate of drug-likeness (QED) is 0.500. The first-order valence-electron chi connectivity index (χ1n) is 8.37. The molecule has 1 nitrogen and oxygen atoms in total. The van der Waals surface area contributed by atoms with Gasteiger partial charge >= 0.3 is 51.4 Å². The predicted octanol–water partition coefficient (Wildman–Crippen LogP) is 3.93. The van der Waals surface area contributed by atoms with Gasteiger partial charge in [-0.25, -0.2) is 0 Å². The molecule has 0 unspecified atom stereocenters. The molecule has 0 heterocycles. The molecule has 0 aliphatic heterocycles. The van der Waals surface area contributed by atoms with E-state index < -0.39 is 0 Å². The fourth-order valence-electron chi connectivity index (χ4n) is 2.83. The third-order valence-corrected chi connectivity index (χ3v) is 4.16. The van der Waals surface area contributed by atoms with E-state index in [-0.39, 0.29) is 52.8 Å². The Labute approximate surface area is 198 Å². The van der Waals surface area contributed by atoms with Gasteiger partial charge in [0.2, 0.25) is 0 Å². The van der Waals surface area contributed by atoms with E-state index in [0.29, 0.717) is 0 Å². The van der Waals surface area contributed by atoms with Gasteiger partial charge in [-0.05, 0) is 46.5 Å². The topological polar surface area (TPSA) is 9.23 Å². The van der Waals surface area contributed by atoms with E-state index in [1.54, 1.807) is 0 Å². The first-order valence-corrected chi connectivity index (χ1v) is 8.37. The number of hydrogen-bond acceptors (Lipinski definition) is 1. The van der Waals surface area contributed by atoms with E-state index in [1.807, 2.05) is 60.7 Å². The van der Waals surface area contributed by atoms with Gasteiger partial charge in [0.1, 0.15) is 11.5 Å². The van der Waals surface area contributed by atoms with Crippen molar-refractivity contribution in [3.05, 3.63) is 109 Å². The van der Waals surface area contributed by atoms with E-state index in [9.17, 15) is 0 Å². The van der Waals surface area contributed by atoms with Crippen LogP contribution in [-0.2, 0) is 0 Å². The maximum Gasteiger partial charge on any atom is 1.00 e. The molecule has 0 bridgehead atoms. The van der Waals surface area contributed by atoms with Crippen LogP contribution in [0.3, 0.4) is 0 Å². The van der Waals surface area contributed by atoms with Crippen LogP contribution in [0.15, 0.2) is 109 Å². The molecule has 0 aromatic heterocycles. The largest absolute Gasteiger partial charge is 1.00 e. The SMILES string of the molecule is [H-].[K+].c1ccc(-c2ccc(Oc3ccc(-c4ccccc4)cc3)cc2)cc1. The molecule has 0 saturated heterocycles. The minimum absolute atomic E-state index is 0. The predicted molar refractivity (Wildman–Crippen MR) is 105 cm³/mol. The number of rotatable bonds is 4. The Morgan fingerprint density at radius 3 is 1.04 bits per heavy atom. The van der Waals surface area contributed by atoms with Crippen molar-refractivity contribution in [2.75, 3.05) is 0 Å². The number of hydrogen-bond donors (Lipinski definition) is 0. The molecule has 0 spiro atoms. The Morgan fingerprint density at radius 2 is 0.692 bits per heavy atom. The first-order chi connectivity index (χ1) is 12.4. The third kappa shape index (κ3) is 4.73. The van der Waals surface area contributed by atoms with Crippen molar-refractivity contribution in [2.45, 2.75) is 0 Å². The summed E-state index contributed by atoms with van der Waals surface area (Å²) in [6.07, 6.45) is 0. The summed E-state index contributed by atoms with van der Waals surface area (Å²) in [7, 11) is 0. The monoisotopic (exact) mass is 362 g/mol. The van der Waals surface area contributed by atoms with E-state index >= 15 is 0 Å². The second-order valence-electron chi connectivity index (χ2n) is 5.88. The molecule has 0 aliphatic carbocycles. The summed E-state index contributed by atoms with van der Waals surface area (Å²) in [5, 5.41) is 0. The van der Waals surface area contributed by atoms with Crippen molar-refractivity contribution >= 4 is 0 Å². The molecule has 2 heteroatoms. The normalized spacial score (nSPS) is 10.0. The van der Waals surface area contributed by atoms with Gasteiger partial charge in [-0.3, -0.25) is 0 Å². The Morgan fingerprint density at radius 1 is 0.385 bits per heavy atom. The Kier molecular flexibility index (Phi) is 6.84. The van der Waals surface area contributed by atoms with Crippen LogP contribution in [0, 0.1) is 0 Å². The van der Waals surface area contributed by atoms with E-state index in [1.165, 1.54) is 22.3 Å². The molecule has 0 radical (unpaired) electrons. The zero-order valence-corrected chi connectivity index (χ0v) is 17.9. The van der Waals surface area contributed by atoms with Crippen molar-refractivity contribution in [3.63, 3.8) is 0 Å². The van der Waals surface area contributed by atoms with Gasteiger partial charge in [-0.2, -0.15) is 0 Å². The zero-order valence-electron chi connectivity index (χ0n) is 15.8. The van der Waals surface area contributed by atoms with Crippen LogP contribution in [0.5, 0.6) is 11.5 Å². The molecule has 0 saturated carbocycles. The Hall–Kier alpha value is -1.68. The molecule has 122 valence electrons. The van der Waals surface area contributed by atoms with Crippen molar-refractivity contribution in [2.24, 2.45) is 0 Å². The second kappa shape index (κ2) is 9.31. The van der Waals surface area contributed by atoms with Gasteiger partial charge in [-0.15, -0.1) is 0 Å². The molecular formula is C24H19KO. The Bertz CT molecular complexity index is 856. The van der Waals surface area contributed by atoms with Gasteiger partial charge in [0.25, 0.3) is 0 Å². The van der Waals surface area contributed by atoms with Crippen molar-refractivity contribution in [1.29, 1.82) is 0 Å². The number of benzene rings is 4. The van der Waals surface area contributed by atoms with Gasteiger partial charge in [-0.1, -0.05) is 84.9 Å². The molecule has 0 N–H and O–H groups in total. The van der Waals surface area contributed by atoms with Crippen LogP contribution in [0.2, 0.25) is 0 Å². The fraction of sp³-hybridized carbons (Fsp3) is 0. The summed E-state index contributed by atoms with van der Waals surface area (Å²) in [5.74, 6) is 1.68. The molecule has 0 fully saturated rings. The smallest absolute Gasteiger partial charge is 1.00 e. The summed E-state index contributed by atoms with van der Waals surface area (Å²) in [6, 6.07) is 37.1. The summed E-state index contributed by atoms with van der Waals surface area (Å²) >= 11 is 0. The first kappa shape index (κ1) is 19.1. The zero-order chi connectivity index (χ0) is 16.9. The van der Waals surface area contributed by atoms with Crippen LogP contribution < -0.4 is 56.1 Å². The fourth-order valence-corrected chi connectivity index (χ4v) is 2.83. The molecule has 0 amide bonds. The maximum atomic E-state index is 5.96. The average molecular weight is 363 g/mol. The van der Waals surface area contributed by atoms with E-state index in [4.69, 9.17) is 4.74 Å². The van der Waals surface area contributed by atoms with E-state index in [0.717, 1.165) is 11.5 Å². The molecule has 26 heavy (non-hydrogen) atoms. The van der Waals surface area contributed by atoms with Gasteiger partial charge in [0.15, 0.2) is 0 Å². The third-order valence-electron chi connectivity index (χ3n) is 4.16. The standard InChI is InChI=1S/C24H18O.K.H/c1-3-7-19(8-4-1)21-11-15-23(16-12-21)25-24-17-13-22(14-18-24)20-9-5-2-6-10-20;;/h1-18H;;/q;+1;-1. The van der Waals surface area contributed by atoms with Crippen molar-refractivity contribution in [3.8, 4) is 33.8 Å². The summed E-state index contributed by atoms with van der Waals surface area (Å²) in [6.45, 7) is 0. The van der Waals surface area contributed by atoms with Crippen LogP contribution in [0.25, 0.3) is 22.3 Å². The summed E-state index contributed by atoms with van der Waals surface area (Å²) in [5.41, 5.74) is 4.79. The van der Waals surface area contributed by atoms with E-state index in [2.05, 4.69) is 48.5 Å². The molecule has 4 rings (SSSR count). The van der Waals surface area contributed by atoms with Crippen LogP contribution >= 0.6 is 0 Å². The second-order valence-corrected chi connectivity index (χ2v) is 5.88. The molecule has 0 aliphatic rings. The van der Waals surface area contributed by atoms with Crippen LogP contribution in [-0.4, -0.2) is 0 Å². The van der Waals surface area contributed by atoms with Gasteiger partial charge in [0, 0.05) is 0 Å². The van der Waals surface area contributed by atoms with Gasteiger partial charge < -0.3 is 6.16 Å². The van der Waals surface area contributed by atoms with Gasteiger partial charge in [0.05, 0.1) is 0 Å². The Balaban J connectivity index is 0.00000131. The maximum absolute atomic E-state index is 5.96. The molecule has 0 atom stereocenters. The summed E-state index contributed by atoms with van der Waals surface area (Å²) in [4.78, 5) is 0. The molecule has 4 aromatic carbocycles. The minimum atomic E-state index is 0. The van der Waals surface area contributed by atoms with Crippen LogP contribution in [0.1, 0.15) is 1.43 Å². The minimum Gasteiger partial charge on any atom is -1.00 e. The molecular weight excluding hydrogens is 343 g/mol. The molecule has 4 aromatic rings. The van der Waals surface area contributed by atoms with Crippen LogP contribution in [0.4, 0.5) is 0 Å². The van der Waals surface area contributed by atoms with Crippen molar-refractivity contribution < 1.29 is 57.5 Å². The summed E-state index contributed by atoms with van der Waals surface area (Å²) < 4.78 is 5.96.